The molecule has 0 unspecified atom stereocenters. The molecule has 0 aliphatic carbocycles. The Morgan fingerprint density at radius 3 is 2.11 bits per heavy atom. The Balaban J connectivity index is 4.00. The van der Waals surface area contributed by atoms with Gasteiger partial charge in [0.1, 0.15) is 0 Å². The standard InChI is InChI=1S/C7H11BrO/c1-5(2)4-7(8)6(3)9/h4-5H,1-3H3/b7-4-. The largest absolute Gasteiger partial charge is 0.294 e. The van der Waals surface area contributed by atoms with Crippen molar-refractivity contribution in [2.75, 3.05) is 0 Å². The van der Waals surface area contributed by atoms with Gasteiger partial charge in [-0.25, -0.2) is 0 Å². The van der Waals surface area contributed by atoms with E-state index in [1.807, 2.05) is 19.9 Å². The number of carbonyl (C=O) groups is 1. The molecule has 0 spiro atoms. The van der Waals surface area contributed by atoms with E-state index in [0.717, 1.165) is 0 Å². The fourth-order valence-corrected chi connectivity index (χ4v) is 0.939. The van der Waals surface area contributed by atoms with Crippen LogP contribution in [0.3, 0.4) is 0 Å². The fourth-order valence-electron chi connectivity index (χ4n) is 0.410. The van der Waals surface area contributed by atoms with E-state index >= 15 is 0 Å². The van der Waals surface area contributed by atoms with E-state index < -0.39 is 0 Å². The van der Waals surface area contributed by atoms with Crippen LogP contribution in [0.15, 0.2) is 10.6 Å². The molecule has 0 N–H and O–H groups in total. The molecule has 0 fully saturated rings. The van der Waals surface area contributed by atoms with Crippen LogP contribution in [0.1, 0.15) is 20.8 Å². The van der Waals surface area contributed by atoms with Gasteiger partial charge in [0.25, 0.3) is 0 Å². The molecular weight excluding hydrogens is 180 g/mol. The van der Waals surface area contributed by atoms with Crippen LogP contribution in [0.5, 0.6) is 0 Å². The lowest BCUT2D eigenvalue weighted by Gasteiger charge is -1.94. The lowest BCUT2D eigenvalue weighted by molar-refractivity contribution is -0.112. The fraction of sp³-hybridized carbons (Fsp3) is 0.571. The summed E-state index contributed by atoms with van der Waals surface area (Å²) in [6.45, 7) is 5.61. The number of carbonyl (C=O) groups excluding carboxylic acids is 1. The third kappa shape index (κ3) is 4.40. The van der Waals surface area contributed by atoms with E-state index in [1.165, 1.54) is 0 Å². The Labute approximate surface area is 64.3 Å². The molecule has 0 radical (unpaired) electrons. The molecule has 0 aliphatic rings. The number of ketones is 1. The van der Waals surface area contributed by atoms with E-state index in [9.17, 15) is 4.79 Å². The van der Waals surface area contributed by atoms with Crippen molar-refractivity contribution in [1.29, 1.82) is 0 Å². The summed E-state index contributed by atoms with van der Waals surface area (Å²) in [4.78, 5) is 10.6. The summed E-state index contributed by atoms with van der Waals surface area (Å²) in [5, 5.41) is 0. The van der Waals surface area contributed by atoms with Crippen molar-refractivity contribution >= 4 is 21.7 Å². The van der Waals surface area contributed by atoms with E-state index in [1.54, 1.807) is 6.92 Å². The van der Waals surface area contributed by atoms with Crippen molar-refractivity contribution in [3.05, 3.63) is 10.6 Å². The van der Waals surface area contributed by atoms with Crippen molar-refractivity contribution in [1.82, 2.24) is 0 Å². The van der Waals surface area contributed by atoms with Gasteiger partial charge in [-0.2, -0.15) is 0 Å². The lowest BCUT2D eigenvalue weighted by Crippen LogP contribution is -1.90. The minimum absolute atomic E-state index is 0.0868. The summed E-state index contributed by atoms with van der Waals surface area (Å²) in [7, 11) is 0. The topological polar surface area (TPSA) is 17.1 Å². The molecule has 0 atom stereocenters. The number of hydrogen-bond acceptors (Lipinski definition) is 1. The summed E-state index contributed by atoms with van der Waals surface area (Å²) in [5.41, 5.74) is 0. The van der Waals surface area contributed by atoms with Gasteiger partial charge in [0, 0.05) is 0 Å². The van der Waals surface area contributed by atoms with E-state index in [-0.39, 0.29) is 5.78 Å². The maximum atomic E-state index is 10.6. The highest BCUT2D eigenvalue weighted by Crippen LogP contribution is 2.09. The molecule has 0 bridgehead atoms. The van der Waals surface area contributed by atoms with Gasteiger partial charge in [-0.3, -0.25) is 4.79 Å². The molecule has 0 saturated carbocycles. The summed E-state index contributed by atoms with van der Waals surface area (Å²) < 4.78 is 0.678. The molecule has 0 aromatic carbocycles. The monoisotopic (exact) mass is 190 g/mol. The van der Waals surface area contributed by atoms with Gasteiger partial charge in [0.15, 0.2) is 5.78 Å². The van der Waals surface area contributed by atoms with Crippen molar-refractivity contribution in [3.8, 4) is 0 Å². The summed E-state index contributed by atoms with van der Waals surface area (Å²) >= 11 is 3.15. The van der Waals surface area contributed by atoms with Crippen LogP contribution in [0.25, 0.3) is 0 Å². The molecule has 1 nitrogen and oxygen atoms in total. The number of Topliss-reactive ketones (excluding diaryl/α,β-unsaturated/α-hetero) is 1. The Hall–Kier alpha value is -0.110. The Kier molecular flexibility index (Phi) is 3.78. The van der Waals surface area contributed by atoms with Crippen molar-refractivity contribution in [3.63, 3.8) is 0 Å². The van der Waals surface area contributed by atoms with E-state index in [0.29, 0.717) is 10.4 Å². The Morgan fingerprint density at radius 2 is 2.00 bits per heavy atom. The molecule has 9 heavy (non-hydrogen) atoms. The number of rotatable bonds is 2. The Bertz CT molecular complexity index is 136. The lowest BCUT2D eigenvalue weighted by atomic mass is 10.2. The zero-order valence-electron chi connectivity index (χ0n) is 5.94. The Morgan fingerprint density at radius 1 is 1.56 bits per heavy atom. The third-order valence-electron chi connectivity index (χ3n) is 0.816. The van der Waals surface area contributed by atoms with Crippen LogP contribution in [0.2, 0.25) is 0 Å². The maximum Gasteiger partial charge on any atom is 0.166 e. The SMILES string of the molecule is CC(=O)/C(Br)=C/C(C)C. The molecular formula is C7H11BrO. The molecule has 0 aromatic heterocycles. The van der Waals surface area contributed by atoms with Crippen LogP contribution in [0.4, 0.5) is 0 Å². The van der Waals surface area contributed by atoms with Gasteiger partial charge in [-0.05, 0) is 28.8 Å². The van der Waals surface area contributed by atoms with Crippen LogP contribution < -0.4 is 0 Å². The molecule has 0 aliphatic heterocycles. The molecule has 0 heterocycles. The van der Waals surface area contributed by atoms with Gasteiger partial charge >= 0.3 is 0 Å². The van der Waals surface area contributed by atoms with Gasteiger partial charge < -0.3 is 0 Å². The number of allylic oxidation sites excluding steroid dienone is 2. The van der Waals surface area contributed by atoms with Crippen LogP contribution >= 0.6 is 15.9 Å². The second-order valence-corrected chi connectivity index (χ2v) is 3.17. The minimum atomic E-state index is 0.0868. The minimum Gasteiger partial charge on any atom is -0.294 e. The van der Waals surface area contributed by atoms with E-state index in [4.69, 9.17) is 0 Å². The van der Waals surface area contributed by atoms with Crippen molar-refractivity contribution in [2.24, 2.45) is 5.92 Å². The first-order valence-corrected chi connectivity index (χ1v) is 3.71. The molecule has 0 rings (SSSR count). The van der Waals surface area contributed by atoms with E-state index in [2.05, 4.69) is 15.9 Å². The first kappa shape index (κ1) is 8.89. The summed E-state index contributed by atoms with van der Waals surface area (Å²) in [5.74, 6) is 0.520. The number of hydrogen-bond donors (Lipinski definition) is 0. The smallest absolute Gasteiger partial charge is 0.166 e. The highest BCUT2D eigenvalue weighted by molar-refractivity contribution is 9.12. The molecule has 52 valence electrons. The second kappa shape index (κ2) is 3.83. The average Bonchev–Trinajstić information content (AvgIpc) is 1.63. The highest BCUT2D eigenvalue weighted by atomic mass is 79.9. The predicted octanol–water partition coefficient (Wildman–Crippen LogP) is 2.51. The third-order valence-corrected chi connectivity index (χ3v) is 1.64. The van der Waals surface area contributed by atoms with Crippen LogP contribution in [-0.2, 0) is 4.79 Å². The highest BCUT2D eigenvalue weighted by Gasteiger charge is 1.97. The summed E-state index contributed by atoms with van der Waals surface area (Å²) in [6, 6.07) is 0. The first-order valence-electron chi connectivity index (χ1n) is 2.92. The maximum absolute atomic E-state index is 10.6. The van der Waals surface area contributed by atoms with Gasteiger partial charge in [-0.15, -0.1) is 0 Å². The predicted molar refractivity (Wildman–Crippen MR) is 42.5 cm³/mol. The van der Waals surface area contributed by atoms with Crippen LogP contribution in [0, 0.1) is 5.92 Å². The van der Waals surface area contributed by atoms with Gasteiger partial charge in [0.2, 0.25) is 0 Å². The van der Waals surface area contributed by atoms with Crippen LogP contribution in [-0.4, -0.2) is 5.78 Å². The van der Waals surface area contributed by atoms with Gasteiger partial charge in [0.05, 0.1) is 4.48 Å². The second-order valence-electron chi connectivity index (χ2n) is 2.31. The molecule has 0 aromatic rings. The number of halogens is 1. The zero-order chi connectivity index (χ0) is 7.44. The summed E-state index contributed by atoms with van der Waals surface area (Å²) in [6.07, 6.45) is 1.89. The quantitative estimate of drug-likeness (QED) is 0.613. The van der Waals surface area contributed by atoms with Crippen molar-refractivity contribution in [2.45, 2.75) is 20.8 Å². The van der Waals surface area contributed by atoms with Crippen molar-refractivity contribution < 1.29 is 4.79 Å². The normalized spacial score (nSPS) is 12.3. The molecule has 0 saturated heterocycles. The average molecular weight is 191 g/mol. The first-order chi connectivity index (χ1) is 4.04. The molecule has 0 amide bonds. The van der Waals surface area contributed by atoms with Gasteiger partial charge in [-0.1, -0.05) is 19.9 Å². The zero-order valence-corrected chi connectivity index (χ0v) is 7.53. The molecule has 2 heteroatoms.